The Bertz CT molecular complexity index is 2430. The summed E-state index contributed by atoms with van der Waals surface area (Å²) in [5, 5.41) is 6.18. The van der Waals surface area contributed by atoms with Crippen LogP contribution in [0.25, 0.3) is 60.9 Å². The summed E-state index contributed by atoms with van der Waals surface area (Å²) in [6, 6.07) is 59.4. The number of fused-ring (bicyclic) bond motifs is 6. The SMILES string of the molecule is CC1(C)c2ccccc2-c2ccc(Nc3ccc(-c4ccc(-c5ccc6c(c5)c5ccccc5n6-c5ccccc5)cc4)cc3)cc21. The molecule has 0 bridgehead atoms. The summed E-state index contributed by atoms with van der Waals surface area (Å²) in [6.07, 6.45) is 0. The van der Waals surface area contributed by atoms with E-state index in [0.29, 0.717) is 0 Å². The van der Waals surface area contributed by atoms with Gasteiger partial charge in [-0.3, -0.25) is 0 Å². The first-order valence-corrected chi connectivity index (χ1v) is 16.4. The van der Waals surface area contributed by atoms with E-state index in [2.05, 4.69) is 188 Å². The Morgan fingerprint density at radius 2 is 1.00 bits per heavy atom. The van der Waals surface area contributed by atoms with Gasteiger partial charge >= 0.3 is 0 Å². The van der Waals surface area contributed by atoms with Crippen LogP contribution in [0.4, 0.5) is 11.4 Å². The molecule has 0 spiro atoms. The maximum absolute atomic E-state index is 3.65. The average molecular weight is 603 g/mol. The first kappa shape index (κ1) is 27.5. The molecule has 0 saturated heterocycles. The minimum Gasteiger partial charge on any atom is -0.356 e. The Labute approximate surface area is 275 Å². The zero-order chi connectivity index (χ0) is 31.5. The van der Waals surface area contributed by atoms with Gasteiger partial charge in [0.15, 0.2) is 0 Å². The van der Waals surface area contributed by atoms with Gasteiger partial charge in [0, 0.05) is 33.2 Å². The average Bonchev–Trinajstić information content (AvgIpc) is 3.57. The molecule has 0 aliphatic heterocycles. The smallest absolute Gasteiger partial charge is 0.0541 e. The van der Waals surface area contributed by atoms with Crippen molar-refractivity contribution in [1.82, 2.24) is 4.57 Å². The molecule has 1 aliphatic rings. The molecular formula is C45H34N2. The molecule has 8 aromatic rings. The fourth-order valence-electron chi connectivity index (χ4n) is 7.56. The van der Waals surface area contributed by atoms with Gasteiger partial charge in [-0.15, -0.1) is 0 Å². The predicted molar refractivity (Wildman–Crippen MR) is 199 cm³/mol. The monoisotopic (exact) mass is 602 g/mol. The van der Waals surface area contributed by atoms with E-state index >= 15 is 0 Å². The summed E-state index contributed by atoms with van der Waals surface area (Å²) in [7, 11) is 0. The van der Waals surface area contributed by atoms with Crippen molar-refractivity contribution in [1.29, 1.82) is 0 Å². The zero-order valence-electron chi connectivity index (χ0n) is 26.5. The van der Waals surface area contributed by atoms with Crippen LogP contribution in [-0.4, -0.2) is 4.57 Å². The molecule has 2 heteroatoms. The van der Waals surface area contributed by atoms with Crippen LogP contribution in [0.1, 0.15) is 25.0 Å². The lowest BCUT2D eigenvalue weighted by molar-refractivity contribution is 0.660. The van der Waals surface area contributed by atoms with Crippen molar-refractivity contribution in [2.24, 2.45) is 0 Å². The van der Waals surface area contributed by atoms with Crippen LogP contribution in [0.2, 0.25) is 0 Å². The number of hydrogen-bond donors (Lipinski definition) is 1. The molecular weight excluding hydrogens is 569 g/mol. The number of para-hydroxylation sites is 2. The Kier molecular flexibility index (Phi) is 6.20. The van der Waals surface area contributed by atoms with Crippen LogP contribution < -0.4 is 5.32 Å². The summed E-state index contributed by atoms with van der Waals surface area (Å²) in [6.45, 7) is 4.65. The topological polar surface area (TPSA) is 17.0 Å². The lowest BCUT2D eigenvalue weighted by Crippen LogP contribution is -2.15. The Hall–Kier alpha value is -5.86. The maximum atomic E-state index is 3.65. The fourth-order valence-corrected chi connectivity index (χ4v) is 7.56. The molecule has 0 unspecified atom stereocenters. The van der Waals surface area contributed by atoms with Gasteiger partial charge in [-0.25, -0.2) is 0 Å². The highest BCUT2D eigenvalue weighted by atomic mass is 15.0. The van der Waals surface area contributed by atoms with Gasteiger partial charge in [-0.1, -0.05) is 123 Å². The molecule has 224 valence electrons. The van der Waals surface area contributed by atoms with Gasteiger partial charge in [0.2, 0.25) is 0 Å². The van der Waals surface area contributed by atoms with Crippen LogP contribution in [0.3, 0.4) is 0 Å². The van der Waals surface area contributed by atoms with E-state index in [4.69, 9.17) is 0 Å². The van der Waals surface area contributed by atoms with Crippen molar-refractivity contribution in [3.63, 3.8) is 0 Å². The second-order valence-electron chi connectivity index (χ2n) is 13.1. The first-order valence-electron chi connectivity index (χ1n) is 16.4. The van der Waals surface area contributed by atoms with E-state index in [1.165, 1.54) is 72.0 Å². The number of aromatic nitrogens is 1. The van der Waals surface area contributed by atoms with Crippen LogP contribution in [0.5, 0.6) is 0 Å². The molecule has 0 fully saturated rings. The van der Waals surface area contributed by atoms with E-state index in [-0.39, 0.29) is 5.41 Å². The van der Waals surface area contributed by atoms with Gasteiger partial charge in [-0.2, -0.15) is 0 Å². The molecule has 7 aromatic carbocycles. The Balaban J connectivity index is 0.971. The molecule has 0 amide bonds. The van der Waals surface area contributed by atoms with Crippen molar-refractivity contribution < 1.29 is 0 Å². The van der Waals surface area contributed by atoms with Crippen LogP contribution in [-0.2, 0) is 5.41 Å². The highest BCUT2D eigenvalue weighted by Crippen LogP contribution is 2.49. The fraction of sp³-hybridized carbons (Fsp3) is 0.0667. The van der Waals surface area contributed by atoms with Gasteiger partial charge in [0.25, 0.3) is 0 Å². The van der Waals surface area contributed by atoms with E-state index in [9.17, 15) is 0 Å². The maximum Gasteiger partial charge on any atom is 0.0541 e. The zero-order valence-corrected chi connectivity index (χ0v) is 26.5. The molecule has 47 heavy (non-hydrogen) atoms. The largest absolute Gasteiger partial charge is 0.356 e. The summed E-state index contributed by atoms with van der Waals surface area (Å²) in [4.78, 5) is 0. The molecule has 0 atom stereocenters. The molecule has 1 N–H and O–H groups in total. The van der Waals surface area contributed by atoms with Crippen molar-refractivity contribution in [3.8, 4) is 39.1 Å². The molecule has 0 saturated carbocycles. The summed E-state index contributed by atoms with van der Waals surface area (Å²) < 4.78 is 2.36. The van der Waals surface area contributed by atoms with Crippen molar-refractivity contribution in [2.45, 2.75) is 19.3 Å². The Morgan fingerprint density at radius 3 is 1.79 bits per heavy atom. The number of benzene rings is 7. The predicted octanol–water partition coefficient (Wildman–Crippen LogP) is 12.2. The van der Waals surface area contributed by atoms with E-state index in [1.807, 2.05) is 0 Å². The van der Waals surface area contributed by atoms with Gasteiger partial charge in [-0.05, 0) is 99.1 Å². The lowest BCUT2D eigenvalue weighted by atomic mass is 9.82. The molecule has 2 nitrogen and oxygen atoms in total. The summed E-state index contributed by atoms with van der Waals surface area (Å²) in [5.74, 6) is 0. The highest BCUT2D eigenvalue weighted by molar-refractivity contribution is 6.10. The summed E-state index contributed by atoms with van der Waals surface area (Å²) in [5.41, 5.74) is 16.1. The number of hydrogen-bond acceptors (Lipinski definition) is 1. The number of nitrogens with one attached hydrogen (secondary N) is 1. The normalized spacial score (nSPS) is 13.1. The van der Waals surface area contributed by atoms with Crippen molar-refractivity contribution in [2.75, 3.05) is 5.32 Å². The van der Waals surface area contributed by atoms with Crippen molar-refractivity contribution in [3.05, 3.63) is 175 Å². The van der Waals surface area contributed by atoms with Gasteiger partial charge in [0.1, 0.15) is 0 Å². The first-order chi connectivity index (χ1) is 23.0. The minimum absolute atomic E-state index is 0.00751. The third-order valence-corrected chi connectivity index (χ3v) is 10.00. The Morgan fingerprint density at radius 1 is 0.426 bits per heavy atom. The molecule has 0 radical (unpaired) electrons. The standard InChI is InChI=1S/C45H34N2/c1-45(2)41-14-8-6-12-37(41)38-26-25-35(29-42(38)45)46-34-23-20-31(21-24-34)30-16-18-32(19-17-30)33-22-27-44-40(28-33)39-13-7-9-15-43(39)47(44)36-10-4-3-5-11-36/h3-29,46H,1-2H3. The molecule has 1 heterocycles. The third kappa shape index (κ3) is 4.48. The van der Waals surface area contributed by atoms with Crippen LogP contribution in [0.15, 0.2) is 164 Å². The number of rotatable bonds is 5. The third-order valence-electron chi connectivity index (χ3n) is 10.00. The summed E-state index contributed by atoms with van der Waals surface area (Å²) >= 11 is 0. The quantitative estimate of drug-likeness (QED) is 0.207. The van der Waals surface area contributed by atoms with E-state index in [0.717, 1.165) is 11.4 Å². The van der Waals surface area contributed by atoms with Crippen LogP contribution in [0, 0.1) is 0 Å². The second kappa shape index (κ2) is 10.6. The lowest BCUT2D eigenvalue weighted by Gasteiger charge is -2.22. The second-order valence-corrected chi connectivity index (χ2v) is 13.1. The van der Waals surface area contributed by atoms with Crippen molar-refractivity contribution >= 4 is 33.2 Å². The molecule has 1 aliphatic carbocycles. The van der Waals surface area contributed by atoms with E-state index in [1.54, 1.807) is 0 Å². The number of anilines is 2. The van der Waals surface area contributed by atoms with Gasteiger partial charge < -0.3 is 9.88 Å². The van der Waals surface area contributed by atoms with Crippen LogP contribution >= 0.6 is 0 Å². The molecule has 1 aromatic heterocycles. The molecule has 9 rings (SSSR count). The van der Waals surface area contributed by atoms with Gasteiger partial charge in [0.05, 0.1) is 11.0 Å². The number of nitrogens with zero attached hydrogens (tertiary/aromatic N) is 1. The minimum atomic E-state index is -0.00751. The highest BCUT2D eigenvalue weighted by Gasteiger charge is 2.35. The van der Waals surface area contributed by atoms with E-state index < -0.39 is 0 Å².